The first-order valence-electron chi connectivity index (χ1n) is 6.17. The lowest BCUT2D eigenvalue weighted by Gasteiger charge is -2.04. The highest BCUT2D eigenvalue weighted by Gasteiger charge is 2.15. The summed E-state index contributed by atoms with van der Waals surface area (Å²) in [6.45, 7) is 5.42. The molecule has 0 fully saturated rings. The second-order valence-corrected chi connectivity index (χ2v) is 5.97. The molecule has 20 heavy (non-hydrogen) atoms. The van der Waals surface area contributed by atoms with E-state index in [0.29, 0.717) is 11.1 Å². The molecule has 0 amide bonds. The van der Waals surface area contributed by atoms with Gasteiger partial charge in [0.2, 0.25) is 5.78 Å². The van der Waals surface area contributed by atoms with Gasteiger partial charge in [-0.3, -0.25) is 9.78 Å². The number of Topliss-reactive ketones (excluding diaryl/α,β-unsaturated/α-hetero) is 1. The van der Waals surface area contributed by atoms with E-state index in [4.69, 9.17) is 4.74 Å². The van der Waals surface area contributed by atoms with Gasteiger partial charge in [-0.05, 0) is 39.0 Å². The van der Waals surface area contributed by atoms with Crippen LogP contribution in [-0.2, 0) is 4.74 Å². The molecule has 0 aliphatic rings. The van der Waals surface area contributed by atoms with Gasteiger partial charge >= 0.3 is 5.97 Å². The quantitative estimate of drug-likeness (QED) is 0.641. The first-order valence-corrected chi connectivity index (χ1v) is 6.99. The molecule has 0 aliphatic carbocycles. The minimum absolute atomic E-state index is 0.180. The van der Waals surface area contributed by atoms with E-state index < -0.39 is 5.97 Å². The SMILES string of the molecule is Cc1ccc(C(=O)OCC(=O)c2cc(C)sc2C)cn1. The van der Waals surface area contributed by atoms with Crippen LogP contribution in [0.4, 0.5) is 0 Å². The molecule has 0 saturated carbocycles. The van der Waals surface area contributed by atoms with Crippen LogP contribution in [0.25, 0.3) is 0 Å². The van der Waals surface area contributed by atoms with Gasteiger partial charge < -0.3 is 4.74 Å². The highest BCUT2D eigenvalue weighted by atomic mass is 32.1. The molecule has 0 saturated heterocycles. The molecule has 2 aromatic rings. The lowest BCUT2D eigenvalue weighted by atomic mass is 10.2. The number of pyridine rings is 1. The first kappa shape index (κ1) is 14.4. The van der Waals surface area contributed by atoms with E-state index in [9.17, 15) is 9.59 Å². The van der Waals surface area contributed by atoms with Crippen molar-refractivity contribution in [3.8, 4) is 0 Å². The van der Waals surface area contributed by atoms with Crippen LogP contribution in [0.1, 0.15) is 36.2 Å². The third kappa shape index (κ3) is 3.30. The fourth-order valence-electron chi connectivity index (χ4n) is 1.79. The molecule has 0 unspecified atom stereocenters. The second kappa shape index (κ2) is 5.96. The summed E-state index contributed by atoms with van der Waals surface area (Å²) in [5, 5.41) is 0. The van der Waals surface area contributed by atoms with Crippen molar-refractivity contribution < 1.29 is 14.3 Å². The summed E-state index contributed by atoms with van der Waals surface area (Å²) in [6, 6.07) is 5.18. The maximum absolute atomic E-state index is 12.0. The monoisotopic (exact) mass is 289 g/mol. The molecule has 0 N–H and O–H groups in total. The molecular weight excluding hydrogens is 274 g/mol. The summed E-state index contributed by atoms with van der Waals surface area (Å²) in [5.74, 6) is -0.712. The molecule has 0 aliphatic heterocycles. The lowest BCUT2D eigenvalue weighted by molar-refractivity contribution is 0.0474. The van der Waals surface area contributed by atoms with Gasteiger partial charge in [-0.15, -0.1) is 11.3 Å². The number of carbonyl (C=O) groups is 2. The van der Waals surface area contributed by atoms with E-state index in [0.717, 1.165) is 15.4 Å². The van der Waals surface area contributed by atoms with Gasteiger partial charge in [0, 0.05) is 27.2 Å². The molecule has 2 aromatic heterocycles. The fraction of sp³-hybridized carbons (Fsp3) is 0.267. The third-order valence-corrected chi connectivity index (χ3v) is 3.79. The van der Waals surface area contributed by atoms with Crippen LogP contribution in [0.5, 0.6) is 0 Å². The smallest absolute Gasteiger partial charge is 0.340 e. The van der Waals surface area contributed by atoms with Crippen molar-refractivity contribution in [2.75, 3.05) is 6.61 Å². The number of rotatable bonds is 4. The zero-order valence-electron chi connectivity index (χ0n) is 11.6. The number of ketones is 1. The number of ether oxygens (including phenoxy) is 1. The number of nitrogens with zero attached hydrogens (tertiary/aromatic N) is 1. The maximum atomic E-state index is 12.0. The number of thiophene rings is 1. The van der Waals surface area contributed by atoms with Gasteiger partial charge in [0.05, 0.1) is 5.56 Å². The normalized spacial score (nSPS) is 10.3. The number of aromatic nitrogens is 1. The van der Waals surface area contributed by atoms with E-state index in [1.807, 2.05) is 26.8 Å². The highest BCUT2D eigenvalue weighted by Crippen LogP contribution is 2.21. The van der Waals surface area contributed by atoms with Gasteiger partial charge in [0.1, 0.15) is 0 Å². The Morgan fingerprint density at radius 2 is 2.00 bits per heavy atom. The van der Waals surface area contributed by atoms with Gasteiger partial charge in [0.15, 0.2) is 6.61 Å². The summed E-state index contributed by atoms with van der Waals surface area (Å²) >= 11 is 1.56. The number of carbonyl (C=O) groups excluding carboxylic acids is 2. The Labute approximate surface area is 121 Å². The van der Waals surface area contributed by atoms with E-state index in [1.165, 1.54) is 6.20 Å². The third-order valence-electron chi connectivity index (χ3n) is 2.82. The van der Waals surface area contributed by atoms with Gasteiger partial charge in [-0.25, -0.2) is 4.79 Å². The van der Waals surface area contributed by atoms with Crippen LogP contribution in [0.2, 0.25) is 0 Å². The lowest BCUT2D eigenvalue weighted by Crippen LogP contribution is -2.14. The van der Waals surface area contributed by atoms with Crippen LogP contribution in [0, 0.1) is 20.8 Å². The molecule has 0 radical (unpaired) electrons. The summed E-state index contributed by atoms with van der Waals surface area (Å²) in [6.07, 6.45) is 1.45. The van der Waals surface area contributed by atoms with Crippen LogP contribution in [-0.4, -0.2) is 23.3 Å². The fourth-order valence-corrected chi connectivity index (χ4v) is 2.73. The average Bonchev–Trinajstić information content (AvgIpc) is 2.75. The van der Waals surface area contributed by atoms with E-state index in [-0.39, 0.29) is 12.4 Å². The molecule has 0 aromatic carbocycles. The molecule has 2 rings (SSSR count). The molecule has 0 spiro atoms. The van der Waals surface area contributed by atoms with Crippen LogP contribution >= 0.6 is 11.3 Å². The summed E-state index contributed by atoms with van der Waals surface area (Å²) < 4.78 is 5.02. The van der Waals surface area contributed by atoms with Crippen LogP contribution < -0.4 is 0 Å². The predicted octanol–water partition coefficient (Wildman–Crippen LogP) is 3.11. The van der Waals surface area contributed by atoms with E-state index in [1.54, 1.807) is 23.5 Å². The summed E-state index contributed by atoms with van der Waals surface area (Å²) in [4.78, 5) is 29.8. The molecular formula is C15H15NO3S. The van der Waals surface area contributed by atoms with Crippen molar-refractivity contribution in [2.24, 2.45) is 0 Å². The van der Waals surface area contributed by atoms with E-state index in [2.05, 4.69) is 4.98 Å². The minimum Gasteiger partial charge on any atom is -0.454 e. The molecule has 2 heterocycles. The Bertz CT molecular complexity index is 644. The maximum Gasteiger partial charge on any atom is 0.340 e. The van der Waals surface area contributed by atoms with E-state index >= 15 is 0 Å². The van der Waals surface area contributed by atoms with Crippen molar-refractivity contribution in [2.45, 2.75) is 20.8 Å². The average molecular weight is 289 g/mol. The Hall–Kier alpha value is -2.01. The van der Waals surface area contributed by atoms with Gasteiger partial charge in [-0.2, -0.15) is 0 Å². The summed E-state index contributed by atoms with van der Waals surface area (Å²) in [5.41, 5.74) is 1.80. The molecule has 0 bridgehead atoms. The van der Waals surface area contributed by atoms with Gasteiger partial charge in [-0.1, -0.05) is 0 Å². The summed E-state index contributed by atoms with van der Waals surface area (Å²) in [7, 11) is 0. The number of hydrogen-bond acceptors (Lipinski definition) is 5. The van der Waals surface area contributed by atoms with Gasteiger partial charge in [0.25, 0.3) is 0 Å². The second-order valence-electron chi connectivity index (χ2n) is 4.51. The van der Waals surface area contributed by atoms with Crippen molar-refractivity contribution in [3.63, 3.8) is 0 Å². The Morgan fingerprint density at radius 3 is 2.55 bits per heavy atom. The van der Waals surface area contributed by atoms with Crippen molar-refractivity contribution >= 4 is 23.1 Å². The van der Waals surface area contributed by atoms with Crippen LogP contribution in [0.15, 0.2) is 24.4 Å². The van der Waals surface area contributed by atoms with Crippen LogP contribution in [0.3, 0.4) is 0 Å². The Kier molecular flexibility index (Phi) is 4.29. The standard InChI is InChI=1S/C15H15NO3S/c1-9-4-5-12(7-16-9)15(18)19-8-14(17)13-6-10(2)20-11(13)3/h4-7H,8H2,1-3H3. The number of aryl methyl sites for hydroxylation is 3. The highest BCUT2D eigenvalue weighted by molar-refractivity contribution is 7.12. The zero-order chi connectivity index (χ0) is 14.7. The molecule has 4 nitrogen and oxygen atoms in total. The molecule has 5 heteroatoms. The Balaban J connectivity index is 1.98. The molecule has 104 valence electrons. The van der Waals surface area contributed by atoms with Crippen molar-refractivity contribution in [1.29, 1.82) is 0 Å². The topological polar surface area (TPSA) is 56.3 Å². The number of hydrogen-bond donors (Lipinski definition) is 0. The first-order chi connectivity index (χ1) is 9.47. The zero-order valence-corrected chi connectivity index (χ0v) is 12.4. The minimum atomic E-state index is -0.532. The Morgan fingerprint density at radius 1 is 1.25 bits per heavy atom. The predicted molar refractivity (Wildman–Crippen MR) is 77.4 cm³/mol. The van der Waals surface area contributed by atoms with Crippen molar-refractivity contribution in [1.82, 2.24) is 4.98 Å². The molecule has 0 atom stereocenters. The van der Waals surface area contributed by atoms with Crippen molar-refractivity contribution in [3.05, 3.63) is 51.0 Å². The largest absolute Gasteiger partial charge is 0.454 e. The number of esters is 1.